The van der Waals surface area contributed by atoms with Crippen LogP contribution in [0.5, 0.6) is 11.5 Å². The molecule has 0 bridgehead atoms. The number of benzene rings is 1. The average Bonchev–Trinajstić information content (AvgIpc) is 2.38. The Morgan fingerprint density at radius 3 is 2.70 bits per heavy atom. The predicted octanol–water partition coefficient (Wildman–Crippen LogP) is 2.57. The molecule has 0 saturated carbocycles. The third-order valence-electron chi connectivity index (χ3n) is 3.35. The van der Waals surface area contributed by atoms with Crippen molar-refractivity contribution in [1.29, 1.82) is 0 Å². The molecular weight excluding hydrogens is 299 g/mol. The normalized spacial score (nSPS) is 19.3. The quantitative estimate of drug-likeness (QED) is 0.924. The summed E-state index contributed by atoms with van der Waals surface area (Å²) < 4.78 is 10.6. The van der Waals surface area contributed by atoms with E-state index in [0.717, 1.165) is 31.7 Å². The van der Waals surface area contributed by atoms with E-state index in [-0.39, 0.29) is 12.4 Å². The van der Waals surface area contributed by atoms with Gasteiger partial charge >= 0.3 is 0 Å². The monoisotopic (exact) mass is 320 g/mol. The van der Waals surface area contributed by atoms with E-state index in [1.54, 1.807) is 14.2 Å². The van der Waals surface area contributed by atoms with Crippen LogP contribution in [-0.4, -0.2) is 44.8 Å². The molecule has 2 rings (SSSR count). The van der Waals surface area contributed by atoms with Crippen molar-refractivity contribution in [2.75, 3.05) is 33.9 Å². The maximum absolute atomic E-state index is 6.22. The highest BCUT2D eigenvalue weighted by atomic mass is 35.5. The van der Waals surface area contributed by atoms with Crippen molar-refractivity contribution in [3.8, 4) is 11.5 Å². The van der Waals surface area contributed by atoms with Gasteiger partial charge in [-0.3, -0.25) is 4.90 Å². The molecule has 1 aromatic carbocycles. The molecule has 6 heteroatoms. The molecule has 4 nitrogen and oxygen atoms in total. The number of nitrogens with zero attached hydrogens (tertiary/aromatic N) is 1. The fraction of sp³-hybridized carbons (Fsp3) is 0.571. The van der Waals surface area contributed by atoms with Gasteiger partial charge in [0.15, 0.2) is 11.5 Å². The summed E-state index contributed by atoms with van der Waals surface area (Å²) in [7, 11) is 3.23. The Labute approximate surface area is 131 Å². The van der Waals surface area contributed by atoms with Gasteiger partial charge in [0.25, 0.3) is 0 Å². The first-order valence-electron chi connectivity index (χ1n) is 6.50. The fourth-order valence-electron chi connectivity index (χ4n) is 2.48. The van der Waals surface area contributed by atoms with Gasteiger partial charge in [0, 0.05) is 32.2 Å². The molecule has 1 aliphatic rings. The molecule has 0 amide bonds. The second kappa shape index (κ2) is 7.93. The Hall–Kier alpha value is -0.680. The molecule has 1 N–H and O–H groups in total. The summed E-state index contributed by atoms with van der Waals surface area (Å²) in [6.07, 6.45) is 0. The number of methoxy groups -OCH3 is 2. The van der Waals surface area contributed by atoms with Crippen LogP contribution < -0.4 is 14.8 Å². The van der Waals surface area contributed by atoms with Crippen LogP contribution in [0.2, 0.25) is 5.02 Å². The molecule has 0 radical (unpaired) electrons. The van der Waals surface area contributed by atoms with Gasteiger partial charge in [-0.1, -0.05) is 11.6 Å². The molecule has 1 aromatic rings. The molecule has 1 heterocycles. The molecule has 1 atom stereocenters. The topological polar surface area (TPSA) is 33.7 Å². The summed E-state index contributed by atoms with van der Waals surface area (Å²) in [5, 5.41) is 4.03. The zero-order valence-electron chi connectivity index (χ0n) is 12.1. The van der Waals surface area contributed by atoms with Crippen LogP contribution >= 0.6 is 24.0 Å². The van der Waals surface area contributed by atoms with Gasteiger partial charge in [-0.05, 0) is 24.6 Å². The second-order valence-electron chi connectivity index (χ2n) is 4.90. The van der Waals surface area contributed by atoms with Crippen LogP contribution in [0.15, 0.2) is 12.1 Å². The number of rotatable bonds is 4. The summed E-state index contributed by atoms with van der Waals surface area (Å²) in [6.45, 7) is 6.21. The van der Waals surface area contributed by atoms with Gasteiger partial charge < -0.3 is 14.8 Å². The van der Waals surface area contributed by atoms with Gasteiger partial charge in [-0.15, -0.1) is 12.4 Å². The van der Waals surface area contributed by atoms with Crippen LogP contribution in [0.1, 0.15) is 12.5 Å². The van der Waals surface area contributed by atoms with Crippen molar-refractivity contribution in [2.24, 2.45) is 0 Å². The van der Waals surface area contributed by atoms with Crippen molar-refractivity contribution in [3.05, 3.63) is 22.7 Å². The average molecular weight is 321 g/mol. The Kier molecular flexibility index (Phi) is 6.89. The third-order valence-corrected chi connectivity index (χ3v) is 3.63. The van der Waals surface area contributed by atoms with Crippen LogP contribution in [0.3, 0.4) is 0 Å². The number of ether oxygens (including phenoxy) is 2. The molecule has 0 unspecified atom stereocenters. The highest BCUT2D eigenvalue weighted by molar-refractivity contribution is 6.32. The van der Waals surface area contributed by atoms with E-state index in [2.05, 4.69) is 17.1 Å². The molecule has 20 heavy (non-hydrogen) atoms. The summed E-state index contributed by atoms with van der Waals surface area (Å²) in [5.41, 5.74) is 1.15. The minimum Gasteiger partial charge on any atom is -0.493 e. The SMILES string of the molecule is COc1cc(CN2CCN[C@@H](C)C2)cc(Cl)c1OC.Cl. The smallest absolute Gasteiger partial charge is 0.179 e. The van der Waals surface area contributed by atoms with E-state index < -0.39 is 0 Å². The molecule has 0 spiro atoms. The maximum atomic E-state index is 6.22. The van der Waals surface area contributed by atoms with E-state index in [4.69, 9.17) is 21.1 Å². The molecule has 0 aromatic heterocycles. The number of piperazine rings is 1. The Morgan fingerprint density at radius 1 is 1.35 bits per heavy atom. The van der Waals surface area contributed by atoms with Crippen LogP contribution in [0, 0.1) is 0 Å². The lowest BCUT2D eigenvalue weighted by Crippen LogP contribution is -2.48. The first kappa shape index (κ1) is 17.4. The van der Waals surface area contributed by atoms with Gasteiger partial charge in [-0.25, -0.2) is 0 Å². The number of halogens is 2. The van der Waals surface area contributed by atoms with E-state index in [0.29, 0.717) is 22.6 Å². The minimum atomic E-state index is 0. The lowest BCUT2D eigenvalue weighted by molar-refractivity contribution is 0.199. The van der Waals surface area contributed by atoms with Gasteiger partial charge in [-0.2, -0.15) is 0 Å². The first-order valence-corrected chi connectivity index (χ1v) is 6.88. The van der Waals surface area contributed by atoms with Crippen molar-refractivity contribution >= 4 is 24.0 Å². The zero-order chi connectivity index (χ0) is 13.8. The van der Waals surface area contributed by atoms with Gasteiger partial charge in [0.2, 0.25) is 0 Å². The predicted molar refractivity (Wildman–Crippen MR) is 84.5 cm³/mol. The zero-order valence-corrected chi connectivity index (χ0v) is 13.7. The fourth-order valence-corrected chi connectivity index (χ4v) is 2.79. The largest absolute Gasteiger partial charge is 0.493 e. The number of nitrogens with one attached hydrogen (secondary N) is 1. The van der Waals surface area contributed by atoms with Crippen LogP contribution in [0.25, 0.3) is 0 Å². The Balaban J connectivity index is 0.00000200. The van der Waals surface area contributed by atoms with Crippen molar-refractivity contribution < 1.29 is 9.47 Å². The number of hydrogen-bond acceptors (Lipinski definition) is 4. The Bertz CT molecular complexity index is 443. The lowest BCUT2D eigenvalue weighted by Gasteiger charge is -2.32. The van der Waals surface area contributed by atoms with E-state index >= 15 is 0 Å². The molecule has 0 aliphatic carbocycles. The van der Waals surface area contributed by atoms with Gasteiger partial charge in [0.1, 0.15) is 0 Å². The Morgan fingerprint density at radius 2 is 2.10 bits per heavy atom. The lowest BCUT2D eigenvalue weighted by atomic mass is 10.1. The van der Waals surface area contributed by atoms with Gasteiger partial charge in [0.05, 0.1) is 19.2 Å². The first-order chi connectivity index (χ1) is 9.13. The van der Waals surface area contributed by atoms with Crippen LogP contribution in [-0.2, 0) is 6.54 Å². The second-order valence-corrected chi connectivity index (χ2v) is 5.31. The highest BCUT2D eigenvalue weighted by Gasteiger charge is 2.17. The van der Waals surface area contributed by atoms with Crippen molar-refractivity contribution in [1.82, 2.24) is 10.2 Å². The van der Waals surface area contributed by atoms with E-state index in [9.17, 15) is 0 Å². The highest BCUT2D eigenvalue weighted by Crippen LogP contribution is 2.36. The molecule has 114 valence electrons. The summed E-state index contributed by atoms with van der Waals surface area (Å²) in [4.78, 5) is 2.42. The van der Waals surface area contributed by atoms with E-state index in [1.165, 1.54) is 0 Å². The minimum absolute atomic E-state index is 0. The molecule has 1 aliphatic heterocycles. The molecular formula is C14H22Cl2N2O2. The maximum Gasteiger partial charge on any atom is 0.179 e. The van der Waals surface area contributed by atoms with E-state index in [1.807, 2.05) is 12.1 Å². The molecule has 1 saturated heterocycles. The van der Waals surface area contributed by atoms with Crippen LogP contribution in [0.4, 0.5) is 0 Å². The summed E-state index contributed by atoms with van der Waals surface area (Å²) in [6, 6.07) is 4.48. The third kappa shape index (κ3) is 4.16. The van der Waals surface area contributed by atoms with Crippen molar-refractivity contribution in [3.63, 3.8) is 0 Å². The molecule has 1 fully saturated rings. The summed E-state index contributed by atoms with van der Waals surface area (Å²) in [5.74, 6) is 1.29. The summed E-state index contributed by atoms with van der Waals surface area (Å²) >= 11 is 6.22. The standard InChI is InChI=1S/C14H21ClN2O2.ClH/c1-10-8-17(5-4-16-10)9-11-6-12(15)14(19-3)13(7-11)18-2;/h6-7,10,16H,4-5,8-9H2,1-3H3;1H/t10-;/m0./s1. The van der Waals surface area contributed by atoms with Crippen molar-refractivity contribution in [2.45, 2.75) is 19.5 Å². The number of hydrogen-bond donors (Lipinski definition) is 1.